The second-order valence-electron chi connectivity index (χ2n) is 5.29. The van der Waals surface area contributed by atoms with Crippen molar-refractivity contribution in [3.8, 4) is 17.0 Å². The van der Waals surface area contributed by atoms with Crippen LogP contribution in [0.15, 0.2) is 59.1 Å². The summed E-state index contributed by atoms with van der Waals surface area (Å²) >= 11 is 0. The van der Waals surface area contributed by atoms with Crippen molar-refractivity contribution in [3.63, 3.8) is 0 Å². The number of phenolic OH excluding ortho intramolecular Hbond substituents is 1. The summed E-state index contributed by atoms with van der Waals surface area (Å²) in [4.78, 5) is 24.5. The molecule has 0 saturated carbocycles. The Balaban J connectivity index is 1.76. The molecule has 0 saturated heterocycles. The van der Waals surface area contributed by atoms with Crippen LogP contribution in [0.5, 0.6) is 5.75 Å². The number of nitrogens with zero attached hydrogens (tertiary/aromatic N) is 1. The van der Waals surface area contributed by atoms with E-state index in [1.54, 1.807) is 19.1 Å². The van der Waals surface area contributed by atoms with Gasteiger partial charge in [0.2, 0.25) is 0 Å². The van der Waals surface area contributed by atoms with Crippen molar-refractivity contribution in [3.05, 3.63) is 71.5 Å². The minimum atomic E-state index is -0.556. The predicted molar refractivity (Wildman–Crippen MR) is 89.7 cm³/mol. The summed E-state index contributed by atoms with van der Waals surface area (Å²) in [6, 6.07) is 14.9. The van der Waals surface area contributed by atoms with Gasteiger partial charge in [0.1, 0.15) is 22.8 Å². The number of hydrazine groups is 1. The van der Waals surface area contributed by atoms with E-state index in [-0.39, 0.29) is 16.9 Å². The highest BCUT2D eigenvalue weighted by molar-refractivity contribution is 6.03. The summed E-state index contributed by atoms with van der Waals surface area (Å²) in [6.45, 7) is 1.62. The van der Waals surface area contributed by atoms with E-state index in [0.717, 1.165) is 5.56 Å². The molecule has 0 radical (unpaired) electrons. The molecular weight excluding hydrogens is 322 g/mol. The second kappa shape index (κ2) is 6.88. The van der Waals surface area contributed by atoms with Gasteiger partial charge in [0.15, 0.2) is 0 Å². The maximum Gasteiger partial charge on any atom is 0.275 e. The summed E-state index contributed by atoms with van der Waals surface area (Å²) in [7, 11) is 0. The Morgan fingerprint density at radius 2 is 1.72 bits per heavy atom. The standard InChI is InChI=1S/C18H15N3O4/c1-11-15(16(21-25-11)12-6-3-2-4-7-12)18(24)20-19-17(23)13-8-5-9-14(22)10-13/h2-10,22H,1H3,(H,19,23)(H,20,24). The Kier molecular flexibility index (Phi) is 4.47. The number of nitrogens with one attached hydrogen (secondary N) is 2. The van der Waals surface area contributed by atoms with Crippen LogP contribution in [0, 0.1) is 6.92 Å². The summed E-state index contributed by atoms with van der Waals surface area (Å²) in [6.07, 6.45) is 0. The Morgan fingerprint density at radius 3 is 2.44 bits per heavy atom. The van der Waals surface area contributed by atoms with Crippen molar-refractivity contribution >= 4 is 11.8 Å². The average molecular weight is 337 g/mol. The van der Waals surface area contributed by atoms with Crippen LogP contribution in [0.2, 0.25) is 0 Å². The van der Waals surface area contributed by atoms with E-state index in [1.807, 2.05) is 18.2 Å². The van der Waals surface area contributed by atoms with Gasteiger partial charge in [-0.2, -0.15) is 0 Å². The van der Waals surface area contributed by atoms with Gasteiger partial charge in [0, 0.05) is 11.1 Å². The van der Waals surface area contributed by atoms with Crippen LogP contribution in [-0.2, 0) is 0 Å². The number of rotatable bonds is 3. The van der Waals surface area contributed by atoms with Crippen LogP contribution >= 0.6 is 0 Å². The number of benzene rings is 2. The molecule has 0 aliphatic heterocycles. The van der Waals surface area contributed by atoms with Crippen molar-refractivity contribution < 1.29 is 19.2 Å². The number of amides is 2. The smallest absolute Gasteiger partial charge is 0.275 e. The van der Waals surface area contributed by atoms with Crippen molar-refractivity contribution in [2.45, 2.75) is 6.92 Å². The van der Waals surface area contributed by atoms with Gasteiger partial charge in [-0.05, 0) is 25.1 Å². The minimum Gasteiger partial charge on any atom is -0.508 e. The third kappa shape index (κ3) is 3.50. The zero-order valence-corrected chi connectivity index (χ0v) is 13.3. The Bertz CT molecular complexity index is 919. The number of carbonyl (C=O) groups is 2. The lowest BCUT2D eigenvalue weighted by Crippen LogP contribution is -2.41. The first-order chi connectivity index (χ1) is 12.1. The number of phenols is 1. The first-order valence-corrected chi connectivity index (χ1v) is 7.47. The summed E-state index contributed by atoms with van der Waals surface area (Å²) in [5.41, 5.74) is 6.20. The van der Waals surface area contributed by atoms with Gasteiger partial charge in [0.25, 0.3) is 11.8 Å². The molecule has 0 atom stereocenters. The molecule has 2 amide bonds. The SMILES string of the molecule is Cc1onc(-c2ccccc2)c1C(=O)NNC(=O)c1cccc(O)c1. The summed E-state index contributed by atoms with van der Waals surface area (Å²) < 4.78 is 5.12. The highest BCUT2D eigenvalue weighted by Crippen LogP contribution is 2.24. The number of aromatic nitrogens is 1. The lowest BCUT2D eigenvalue weighted by Gasteiger charge is -2.08. The fourth-order valence-electron chi connectivity index (χ4n) is 2.33. The molecule has 0 aliphatic rings. The molecule has 7 heteroatoms. The number of aryl methyl sites for hydroxylation is 1. The van der Waals surface area contributed by atoms with E-state index in [1.165, 1.54) is 24.3 Å². The molecule has 126 valence electrons. The lowest BCUT2D eigenvalue weighted by atomic mass is 10.1. The fourth-order valence-corrected chi connectivity index (χ4v) is 2.33. The monoisotopic (exact) mass is 337 g/mol. The molecule has 3 aromatic rings. The third-order valence-electron chi connectivity index (χ3n) is 3.53. The van der Waals surface area contributed by atoms with E-state index >= 15 is 0 Å². The third-order valence-corrected chi connectivity index (χ3v) is 3.53. The van der Waals surface area contributed by atoms with E-state index in [4.69, 9.17) is 4.52 Å². The molecule has 0 aliphatic carbocycles. The van der Waals surface area contributed by atoms with Crippen LogP contribution in [0.25, 0.3) is 11.3 Å². The highest BCUT2D eigenvalue weighted by atomic mass is 16.5. The maximum absolute atomic E-state index is 12.4. The predicted octanol–water partition coefficient (Wildman–Crippen LogP) is 2.43. The largest absolute Gasteiger partial charge is 0.508 e. The van der Waals surface area contributed by atoms with E-state index in [0.29, 0.717) is 11.5 Å². The van der Waals surface area contributed by atoms with Gasteiger partial charge in [-0.25, -0.2) is 0 Å². The van der Waals surface area contributed by atoms with Gasteiger partial charge >= 0.3 is 0 Å². The quantitative estimate of drug-likeness (QED) is 0.637. The van der Waals surface area contributed by atoms with Gasteiger partial charge in [-0.3, -0.25) is 20.4 Å². The van der Waals surface area contributed by atoms with E-state index in [9.17, 15) is 14.7 Å². The van der Waals surface area contributed by atoms with Crippen LogP contribution in [0.4, 0.5) is 0 Å². The van der Waals surface area contributed by atoms with Crippen LogP contribution in [0.3, 0.4) is 0 Å². The molecule has 0 fully saturated rings. The van der Waals surface area contributed by atoms with Crippen LogP contribution in [0.1, 0.15) is 26.5 Å². The van der Waals surface area contributed by atoms with Crippen LogP contribution < -0.4 is 10.9 Å². The van der Waals surface area contributed by atoms with Gasteiger partial charge in [0.05, 0.1) is 0 Å². The second-order valence-corrected chi connectivity index (χ2v) is 5.29. The van der Waals surface area contributed by atoms with Crippen LogP contribution in [-0.4, -0.2) is 22.1 Å². The molecule has 0 bridgehead atoms. The molecular formula is C18H15N3O4. The topological polar surface area (TPSA) is 104 Å². The zero-order chi connectivity index (χ0) is 17.8. The maximum atomic E-state index is 12.4. The molecule has 1 heterocycles. The summed E-state index contributed by atoms with van der Waals surface area (Å²) in [5.74, 6) is -0.811. The number of hydrogen-bond donors (Lipinski definition) is 3. The molecule has 0 unspecified atom stereocenters. The Morgan fingerprint density at radius 1 is 1.00 bits per heavy atom. The Labute approximate surface area is 143 Å². The first-order valence-electron chi connectivity index (χ1n) is 7.47. The number of carbonyl (C=O) groups excluding carboxylic acids is 2. The first kappa shape index (κ1) is 16.3. The molecule has 7 nitrogen and oxygen atoms in total. The van der Waals surface area contributed by atoms with Gasteiger partial charge in [-0.15, -0.1) is 0 Å². The van der Waals surface area contributed by atoms with Crippen molar-refractivity contribution in [1.29, 1.82) is 0 Å². The van der Waals surface area contributed by atoms with E-state index < -0.39 is 11.8 Å². The zero-order valence-electron chi connectivity index (χ0n) is 13.3. The fraction of sp³-hybridized carbons (Fsp3) is 0.0556. The highest BCUT2D eigenvalue weighted by Gasteiger charge is 2.22. The van der Waals surface area contributed by atoms with Gasteiger partial charge in [-0.1, -0.05) is 41.6 Å². The van der Waals surface area contributed by atoms with Crippen molar-refractivity contribution in [2.24, 2.45) is 0 Å². The van der Waals surface area contributed by atoms with Crippen molar-refractivity contribution in [1.82, 2.24) is 16.0 Å². The molecule has 3 rings (SSSR count). The molecule has 3 N–H and O–H groups in total. The molecule has 1 aromatic heterocycles. The minimum absolute atomic E-state index is 0.0415. The van der Waals surface area contributed by atoms with Crippen molar-refractivity contribution in [2.75, 3.05) is 0 Å². The van der Waals surface area contributed by atoms with Gasteiger partial charge < -0.3 is 9.63 Å². The summed E-state index contributed by atoms with van der Waals surface area (Å²) in [5, 5.41) is 13.3. The number of aromatic hydroxyl groups is 1. The normalized spacial score (nSPS) is 10.3. The lowest BCUT2D eigenvalue weighted by molar-refractivity contribution is 0.0846. The Hall–Kier alpha value is -3.61. The molecule has 2 aromatic carbocycles. The average Bonchev–Trinajstić information content (AvgIpc) is 3.02. The number of hydrogen-bond acceptors (Lipinski definition) is 5. The molecule has 0 spiro atoms. The molecule has 25 heavy (non-hydrogen) atoms. The van der Waals surface area contributed by atoms with E-state index in [2.05, 4.69) is 16.0 Å².